The number of nitrogens with one attached hydrogen (secondary N) is 3. The first-order valence-corrected chi connectivity index (χ1v) is 45.1. The second-order valence-corrected chi connectivity index (χ2v) is 38.8. The van der Waals surface area contributed by atoms with Crippen molar-refractivity contribution in [2.75, 3.05) is 176 Å². The van der Waals surface area contributed by atoms with Gasteiger partial charge in [-0.15, -0.1) is 0 Å². The molecular weight excluding hydrogens is 1520 g/mol. The number of allylic oxidation sites excluding steroid dienone is 2. The summed E-state index contributed by atoms with van der Waals surface area (Å²) in [4.78, 5) is 52.7. The molecule has 0 radical (unpaired) electrons. The van der Waals surface area contributed by atoms with Crippen LogP contribution in [0.1, 0.15) is 134 Å². The van der Waals surface area contributed by atoms with E-state index in [1.807, 2.05) is 57.4 Å². The van der Waals surface area contributed by atoms with Crippen LogP contribution in [0, 0.1) is 35.5 Å². The summed E-state index contributed by atoms with van der Waals surface area (Å²) in [5, 5.41) is 3.09. The molecule has 27 heteroatoms. The molecule has 0 aromatic heterocycles. The van der Waals surface area contributed by atoms with Crippen molar-refractivity contribution in [3.05, 3.63) is 141 Å². The van der Waals surface area contributed by atoms with E-state index in [9.17, 15) is 31.2 Å². The number of carbonyl (C=O) groups excluding carboxylic acids is 3. The van der Waals surface area contributed by atoms with Gasteiger partial charge < -0.3 is 53.0 Å². The number of methoxy groups -OCH3 is 4. The van der Waals surface area contributed by atoms with Gasteiger partial charge in [0.25, 0.3) is 11.8 Å². The Kier molecular flexibility index (Phi) is 26.8. The lowest BCUT2D eigenvalue weighted by molar-refractivity contribution is -0.136. The van der Waals surface area contributed by atoms with Crippen LogP contribution in [0.25, 0.3) is 0 Å². The molecule has 2 amide bonds. The molecule has 6 fully saturated rings. The monoisotopic (exact) mass is 1640 g/mol. The highest BCUT2D eigenvalue weighted by atomic mass is 35.5. The van der Waals surface area contributed by atoms with Crippen LogP contribution in [0.5, 0.6) is 11.5 Å². The zero-order valence-corrected chi connectivity index (χ0v) is 69.9. The third-order valence-corrected chi connectivity index (χ3v) is 31.7. The Labute approximate surface area is 679 Å². The number of benzene rings is 4. The van der Waals surface area contributed by atoms with E-state index in [1.54, 1.807) is 38.5 Å². The van der Waals surface area contributed by atoms with Crippen molar-refractivity contribution in [1.29, 1.82) is 0 Å². The van der Waals surface area contributed by atoms with E-state index in [4.69, 9.17) is 61.1 Å². The van der Waals surface area contributed by atoms with Gasteiger partial charge in [-0.3, -0.25) is 29.1 Å². The Hall–Kier alpha value is -5.75. The van der Waals surface area contributed by atoms with Gasteiger partial charge in [0, 0.05) is 177 Å². The maximum atomic E-state index is 14.1. The van der Waals surface area contributed by atoms with Crippen LogP contribution < -0.4 is 34.0 Å². The lowest BCUT2D eigenvalue weighted by Gasteiger charge is -2.53. The van der Waals surface area contributed by atoms with E-state index in [1.165, 1.54) is 35.9 Å². The molecule has 12 aliphatic rings. The van der Waals surface area contributed by atoms with Gasteiger partial charge in [0.05, 0.1) is 61.5 Å². The number of hydrogen-bond acceptors (Lipinski definition) is 21. The van der Waals surface area contributed by atoms with Gasteiger partial charge in [-0.25, -0.2) is 26.3 Å². The van der Waals surface area contributed by atoms with E-state index in [0.717, 1.165) is 172 Å². The number of halogens is 2. The van der Waals surface area contributed by atoms with Crippen LogP contribution in [-0.2, 0) is 76.9 Å². The maximum absolute atomic E-state index is 14.1. The van der Waals surface area contributed by atoms with Crippen LogP contribution in [0.2, 0.25) is 10.0 Å². The molecule has 8 aliphatic heterocycles. The van der Waals surface area contributed by atoms with Gasteiger partial charge in [0.15, 0.2) is 6.29 Å². The number of sulfonamides is 2. The molecule has 4 saturated heterocycles. The largest absolute Gasteiger partial charge is 0.490 e. The fourth-order valence-electron chi connectivity index (χ4n) is 20.7. The van der Waals surface area contributed by atoms with Crippen LogP contribution in [-0.4, -0.2) is 250 Å². The van der Waals surface area contributed by atoms with E-state index >= 15 is 0 Å². The van der Waals surface area contributed by atoms with E-state index in [0.29, 0.717) is 85.8 Å². The molecule has 2 spiro atoms. The van der Waals surface area contributed by atoms with Crippen LogP contribution in [0.3, 0.4) is 0 Å². The normalized spacial score (nSPS) is 33.6. The first kappa shape index (κ1) is 83.7. The van der Waals surface area contributed by atoms with Gasteiger partial charge in [0.1, 0.15) is 22.7 Å². The smallest absolute Gasteiger partial charge is 0.264 e. The molecule has 4 aromatic carbocycles. The molecular formula is C86H118Cl2N8O15S2. The van der Waals surface area contributed by atoms with Crippen LogP contribution >= 0.6 is 23.2 Å². The number of fused-ring (bicyclic) bond motifs is 10. The minimum Gasteiger partial charge on any atom is -0.490 e. The number of rotatable bonds is 11. The minimum absolute atomic E-state index is 0.0648. The van der Waals surface area contributed by atoms with Gasteiger partial charge in [-0.05, 0) is 208 Å². The van der Waals surface area contributed by atoms with Gasteiger partial charge in [-0.1, -0.05) is 67.4 Å². The first-order valence-electron chi connectivity index (χ1n) is 41.2. The number of morpholine rings is 2. The van der Waals surface area contributed by atoms with Gasteiger partial charge in [0.2, 0.25) is 20.0 Å². The highest BCUT2D eigenvalue weighted by Gasteiger charge is 2.53. The Morgan fingerprint density at radius 2 is 1.12 bits per heavy atom. The summed E-state index contributed by atoms with van der Waals surface area (Å²) in [6.45, 7) is 20.6. The zero-order chi connectivity index (χ0) is 79.3. The Morgan fingerprint density at radius 3 is 1.61 bits per heavy atom. The predicted molar refractivity (Wildman–Crippen MR) is 439 cm³/mol. The summed E-state index contributed by atoms with van der Waals surface area (Å²) in [6.07, 6.45) is 20.0. The topological polar surface area (TPSA) is 246 Å². The maximum Gasteiger partial charge on any atom is 0.264 e. The van der Waals surface area contributed by atoms with Crippen molar-refractivity contribution in [1.82, 2.24) is 29.5 Å². The van der Waals surface area contributed by atoms with Crippen LogP contribution in [0.4, 0.5) is 11.4 Å². The minimum atomic E-state index is -4.09. The lowest BCUT2D eigenvalue weighted by Crippen LogP contribution is -2.62. The molecule has 3 N–H and O–H groups in total. The average Bonchev–Trinajstić information content (AvgIpc) is 1.49. The Bertz CT molecular complexity index is 4310. The molecule has 16 rings (SSSR count). The van der Waals surface area contributed by atoms with Gasteiger partial charge in [-0.2, -0.15) is 0 Å². The Balaban J connectivity index is 0.000000168. The molecule has 23 nitrogen and oxygen atoms in total. The SMILES string of the molecule is C1CN2CCOC[C@@H]2CN1.COCC[C@@H]1[C@@H](C)C/C=C/[C@@](C=O)(OC)[C@@H]2CC[C@H]2CN2C[C@@]3(CCCc4cc(Cl)ccc43)COc3ccc(cc32)C(=O)NS1(=O)=O.COCC[C@@H]1[C@@H](C)C/C=C/[C@@](CN2CCN3CCOC[C@@H]3C2)(OC)[C@@H]2CC[C@H]2CN2C[C@@]3(CCCc4cc(Cl)ccc43)COc3ccc(cc32)C(=O)NS1(=O)=O. The van der Waals surface area contributed by atoms with Crippen molar-refractivity contribution >= 4 is 72.7 Å². The highest BCUT2D eigenvalue weighted by Crippen LogP contribution is 2.52. The predicted octanol–water partition coefficient (Wildman–Crippen LogP) is 10.1. The molecule has 4 aromatic rings. The first-order chi connectivity index (χ1) is 54.5. The van der Waals surface area contributed by atoms with E-state index in [2.05, 4.69) is 75.7 Å². The summed E-state index contributed by atoms with van der Waals surface area (Å²) < 4.78 is 108. The third kappa shape index (κ3) is 18.1. The number of anilines is 2. The number of piperazine rings is 2. The summed E-state index contributed by atoms with van der Waals surface area (Å²) in [6, 6.07) is 23.9. The fraction of sp³-hybridized carbons (Fsp3) is 0.640. The van der Waals surface area contributed by atoms with Crippen molar-refractivity contribution in [3.8, 4) is 11.5 Å². The summed E-state index contributed by atoms with van der Waals surface area (Å²) in [5.74, 6) is 0.000783. The second kappa shape index (κ2) is 36.2. The van der Waals surface area contributed by atoms with Crippen molar-refractivity contribution in [3.63, 3.8) is 0 Å². The van der Waals surface area contributed by atoms with E-state index in [-0.39, 0.29) is 72.0 Å². The summed E-state index contributed by atoms with van der Waals surface area (Å²) >= 11 is 12.9. The highest BCUT2D eigenvalue weighted by molar-refractivity contribution is 7.91. The van der Waals surface area contributed by atoms with Crippen molar-refractivity contribution < 1.29 is 69.1 Å². The van der Waals surface area contributed by atoms with Crippen molar-refractivity contribution in [2.24, 2.45) is 35.5 Å². The zero-order valence-electron chi connectivity index (χ0n) is 66.8. The molecule has 2 saturated carbocycles. The van der Waals surface area contributed by atoms with E-state index < -0.39 is 53.6 Å². The Morgan fingerprint density at radius 1 is 0.593 bits per heavy atom. The second-order valence-electron chi connectivity index (χ2n) is 34.1. The number of ether oxygens (including phenoxy) is 8. The fourth-order valence-corrected chi connectivity index (χ4v) is 24.4. The quantitative estimate of drug-likeness (QED) is 0.0933. The third-order valence-electron chi connectivity index (χ3n) is 27.3. The number of hydrogen-bond donors (Lipinski definition) is 3. The number of nitrogens with zero attached hydrogens (tertiary/aromatic N) is 5. The van der Waals surface area contributed by atoms with Gasteiger partial charge >= 0.3 is 0 Å². The van der Waals surface area contributed by atoms with Crippen molar-refractivity contribution in [2.45, 2.75) is 148 Å². The molecule has 618 valence electrons. The number of aldehydes is 1. The molecule has 0 unspecified atom stereocenters. The number of aryl methyl sites for hydroxylation is 2. The molecule has 4 aliphatic carbocycles. The van der Waals surface area contributed by atoms with Crippen LogP contribution in [0.15, 0.2) is 97.1 Å². The number of carbonyl (C=O) groups is 3. The molecule has 14 atom stereocenters. The number of amides is 2. The molecule has 113 heavy (non-hydrogen) atoms. The summed E-state index contributed by atoms with van der Waals surface area (Å²) in [7, 11) is -1.65. The summed E-state index contributed by atoms with van der Waals surface area (Å²) in [5.41, 5.74) is 4.76. The molecule has 8 heterocycles. The lowest BCUT2D eigenvalue weighted by atomic mass is 9.63. The molecule has 4 bridgehead atoms. The average molecular weight is 1640 g/mol. The standard InChI is InChI=1S/C43H59ClN4O7S.C36H45ClN2O7S.C7H14N2O/c1-30-6-4-16-43(53-3,28-46-17-18-47-19-21-54-26-35(47)25-46)37-11-8-33(37)24-48-27-42(15-5-7-31-22-34(44)10-12-36(31)42)29-55-39-13-9-32(23-38(39)48)41(49)45-56(50,51)40(30)14-20-52-2;1-24-6-4-16-36(22-40,45-3)30-11-8-27(30)20-39-21-35(15-5-7-25-18-28(37)10-12-29(25)35)23-46-32-13-9-26(19-31(32)39)34(41)38-47(42,43)33(24)14-17-44-2;1-2-9-3-4-10-6-7(9)5-8-1/h4,9-10,12-13,16,22-23,30,33,35,37,40H,5-8,11,14-15,17-21,24-29H2,1-3H3,(H,45,49);4,9-10,12-13,16,18-19,22,24,27,30,33H,5-8,11,14-15,17,20-21,23H2,1-3H3,(H,38,41);7-8H,1-6H2/b2*16-4+;/t30-,33-,35-,37+,40+,42-,43-;24-,27-,30+,33+,35-,36-;7-/m000/s1.